The van der Waals surface area contributed by atoms with Crippen molar-refractivity contribution in [3.05, 3.63) is 71.4 Å². The Balaban J connectivity index is 1.57. The summed E-state index contributed by atoms with van der Waals surface area (Å²) in [5, 5.41) is 11.7. The van der Waals surface area contributed by atoms with Crippen molar-refractivity contribution in [1.82, 2.24) is 4.98 Å². The standard InChI is InChI=1S/C22H22N2O2/c1-26-17-9-10-18-19-11-12-23-21(22(19)24-20(18)14-17)13-16(25)8-7-15-5-3-2-4-6-15/h2-10,14,16,24-25H,11-13H2,1H3/b8-7+. The van der Waals surface area contributed by atoms with Crippen LogP contribution in [0, 0.1) is 0 Å². The molecule has 0 fully saturated rings. The van der Waals surface area contributed by atoms with Crippen LogP contribution in [0.2, 0.25) is 0 Å². The number of aliphatic hydroxyl groups excluding tert-OH is 1. The summed E-state index contributed by atoms with van der Waals surface area (Å²) in [6, 6.07) is 16.1. The highest BCUT2D eigenvalue weighted by atomic mass is 16.5. The lowest BCUT2D eigenvalue weighted by Crippen LogP contribution is -2.18. The second-order valence-corrected chi connectivity index (χ2v) is 6.51. The van der Waals surface area contributed by atoms with Crippen LogP contribution >= 0.6 is 0 Å². The Bertz CT molecular complexity index is 970. The molecule has 1 unspecified atom stereocenters. The summed E-state index contributed by atoms with van der Waals surface area (Å²) in [6.45, 7) is 0.760. The van der Waals surface area contributed by atoms with Gasteiger partial charge in [-0.15, -0.1) is 0 Å². The van der Waals surface area contributed by atoms with Crippen molar-refractivity contribution in [2.45, 2.75) is 18.9 Å². The summed E-state index contributed by atoms with van der Waals surface area (Å²) >= 11 is 0. The molecule has 0 amide bonds. The fourth-order valence-electron chi connectivity index (χ4n) is 3.47. The van der Waals surface area contributed by atoms with Crippen LogP contribution in [0.4, 0.5) is 0 Å². The molecule has 1 atom stereocenters. The monoisotopic (exact) mass is 346 g/mol. The SMILES string of the molecule is COc1ccc2c3c([nH]c2c1)C(CC(O)/C=C/c1ccccc1)=NCC3. The van der Waals surface area contributed by atoms with Gasteiger partial charge in [0.15, 0.2) is 0 Å². The molecular weight excluding hydrogens is 324 g/mol. The number of benzene rings is 2. The van der Waals surface area contributed by atoms with Crippen molar-refractivity contribution in [3.8, 4) is 5.75 Å². The zero-order valence-corrected chi connectivity index (χ0v) is 14.8. The number of hydrogen-bond acceptors (Lipinski definition) is 3. The normalized spacial score (nSPS) is 15.1. The van der Waals surface area contributed by atoms with Crippen LogP contribution in [0.1, 0.15) is 23.2 Å². The van der Waals surface area contributed by atoms with E-state index in [1.807, 2.05) is 54.6 Å². The maximum Gasteiger partial charge on any atom is 0.120 e. The molecule has 0 bridgehead atoms. The van der Waals surface area contributed by atoms with E-state index < -0.39 is 6.10 Å². The third-order valence-corrected chi connectivity index (χ3v) is 4.78. The lowest BCUT2D eigenvalue weighted by Gasteiger charge is -2.15. The molecule has 1 aliphatic rings. The van der Waals surface area contributed by atoms with E-state index in [-0.39, 0.29) is 0 Å². The van der Waals surface area contributed by atoms with Gasteiger partial charge in [-0.3, -0.25) is 4.99 Å². The molecule has 1 aromatic heterocycles. The van der Waals surface area contributed by atoms with Crippen LogP contribution in [0.25, 0.3) is 17.0 Å². The van der Waals surface area contributed by atoms with Crippen molar-refractivity contribution in [2.24, 2.45) is 4.99 Å². The molecule has 4 heteroatoms. The van der Waals surface area contributed by atoms with E-state index in [1.165, 1.54) is 10.9 Å². The lowest BCUT2D eigenvalue weighted by atomic mass is 9.98. The van der Waals surface area contributed by atoms with Crippen molar-refractivity contribution in [2.75, 3.05) is 13.7 Å². The second-order valence-electron chi connectivity index (χ2n) is 6.51. The highest BCUT2D eigenvalue weighted by molar-refractivity contribution is 6.06. The van der Waals surface area contributed by atoms with E-state index >= 15 is 0 Å². The molecule has 0 saturated heterocycles. The largest absolute Gasteiger partial charge is 0.497 e. The van der Waals surface area contributed by atoms with E-state index in [0.29, 0.717) is 6.42 Å². The molecule has 4 nitrogen and oxygen atoms in total. The Labute approximate surface area is 152 Å². The smallest absolute Gasteiger partial charge is 0.120 e. The van der Waals surface area contributed by atoms with E-state index in [9.17, 15) is 5.11 Å². The highest BCUT2D eigenvalue weighted by Crippen LogP contribution is 2.30. The molecule has 2 N–H and O–H groups in total. The molecular formula is C22H22N2O2. The first kappa shape index (κ1) is 16.6. The number of rotatable bonds is 5. The van der Waals surface area contributed by atoms with Crippen LogP contribution in [0.5, 0.6) is 5.75 Å². The summed E-state index contributed by atoms with van der Waals surface area (Å²) in [6.07, 6.45) is 4.63. The minimum atomic E-state index is -0.569. The van der Waals surface area contributed by atoms with Crippen LogP contribution in [-0.4, -0.2) is 35.6 Å². The maximum atomic E-state index is 10.4. The van der Waals surface area contributed by atoms with Gasteiger partial charge < -0.3 is 14.8 Å². The number of aromatic nitrogens is 1. The first-order valence-electron chi connectivity index (χ1n) is 8.88. The fraction of sp³-hybridized carbons (Fsp3) is 0.227. The predicted octanol–water partition coefficient (Wildman–Crippen LogP) is 3.99. The molecule has 1 aliphatic heterocycles. The molecule has 0 spiro atoms. The third-order valence-electron chi connectivity index (χ3n) is 4.78. The summed E-state index contributed by atoms with van der Waals surface area (Å²) in [7, 11) is 1.67. The molecule has 0 radical (unpaired) electrons. The Morgan fingerprint density at radius 1 is 1.23 bits per heavy atom. The molecule has 132 valence electrons. The van der Waals surface area contributed by atoms with Gasteiger partial charge in [-0.1, -0.05) is 42.5 Å². The van der Waals surface area contributed by atoms with Gasteiger partial charge in [0.1, 0.15) is 5.75 Å². The lowest BCUT2D eigenvalue weighted by molar-refractivity contribution is 0.232. The zero-order valence-electron chi connectivity index (χ0n) is 14.8. The van der Waals surface area contributed by atoms with Crippen LogP contribution in [0.15, 0.2) is 59.6 Å². The number of aliphatic imine (C=N–C) groups is 1. The van der Waals surface area contributed by atoms with Crippen LogP contribution in [0.3, 0.4) is 0 Å². The summed E-state index contributed by atoms with van der Waals surface area (Å²) in [5.74, 6) is 0.834. The first-order valence-corrected chi connectivity index (χ1v) is 8.88. The Kier molecular flexibility index (Phi) is 4.59. The van der Waals surface area contributed by atoms with Crippen LogP contribution in [-0.2, 0) is 6.42 Å². The topological polar surface area (TPSA) is 57.6 Å². The van der Waals surface area contributed by atoms with Gasteiger partial charge >= 0.3 is 0 Å². The number of nitrogens with zero attached hydrogens (tertiary/aromatic N) is 1. The average molecular weight is 346 g/mol. The third kappa shape index (κ3) is 3.28. The number of nitrogens with one attached hydrogen (secondary N) is 1. The Morgan fingerprint density at radius 3 is 2.88 bits per heavy atom. The summed E-state index contributed by atoms with van der Waals surface area (Å²) in [4.78, 5) is 8.14. The van der Waals surface area contributed by atoms with Crippen LogP contribution < -0.4 is 4.74 Å². The average Bonchev–Trinajstić information content (AvgIpc) is 3.06. The summed E-state index contributed by atoms with van der Waals surface area (Å²) in [5.41, 5.74) is 5.40. The van der Waals surface area contributed by atoms with Crippen molar-refractivity contribution >= 4 is 22.7 Å². The number of ether oxygens (including phenoxy) is 1. The van der Waals surface area contributed by atoms with Gasteiger partial charge in [-0.05, 0) is 29.7 Å². The van der Waals surface area contributed by atoms with E-state index in [1.54, 1.807) is 7.11 Å². The molecule has 3 aromatic rings. The van der Waals surface area contributed by atoms with Gasteiger partial charge in [-0.25, -0.2) is 0 Å². The van der Waals surface area contributed by atoms with Crippen molar-refractivity contribution in [3.63, 3.8) is 0 Å². The van der Waals surface area contributed by atoms with Gasteiger partial charge in [0.05, 0.1) is 24.6 Å². The first-order chi connectivity index (χ1) is 12.7. The minimum absolute atomic E-state index is 0.500. The summed E-state index contributed by atoms with van der Waals surface area (Å²) < 4.78 is 5.32. The molecule has 0 saturated carbocycles. The molecule has 0 aliphatic carbocycles. The maximum absolute atomic E-state index is 10.4. The number of H-pyrrole nitrogens is 1. The fourth-order valence-corrected chi connectivity index (χ4v) is 3.47. The Hall–Kier alpha value is -2.85. The van der Waals surface area contributed by atoms with E-state index in [4.69, 9.17) is 4.74 Å². The van der Waals surface area contributed by atoms with E-state index in [2.05, 4.69) is 16.0 Å². The number of aliphatic hydroxyl groups is 1. The highest BCUT2D eigenvalue weighted by Gasteiger charge is 2.21. The Morgan fingerprint density at radius 2 is 2.08 bits per heavy atom. The van der Waals surface area contributed by atoms with Crippen molar-refractivity contribution in [1.29, 1.82) is 0 Å². The molecule has 4 rings (SSSR count). The quantitative estimate of drug-likeness (QED) is 0.734. The molecule has 2 heterocycles. The molecule has 26 heavy (non-hydrogen) atoms. The number of fused-ring (bicyclic) bond motifs is 3. The number of aromatic amines is 1. The molecule has 2 aromatic carbocycles. The number of hydrogen-bond donors (Lipinski definition) is 2. The van der Waals surface area contributed by atoms with Crippen molar-refractivity contribution < 1.29 is 9.84 Å². The zero-order chi connectivity index (χ0) is 17.9. The van der Waals surface area contributed by atoms with Gasteiger partial charge in [-0.2, -0.15) is 0 Å². The van der Waals surface area contributed by atoms with Gasteiger partial charge in [0.2, 0.25) is 0 Å². The number of methoxy groups -OCH3 is 1. The van der Waals surface area contributed by atoms with Gasteiger partial charge in [0.25, 0.3) is 0 Å². The second kappa shape index (κ2) is 7.18. The predicted molar refractivity (Wildman–Crippen MR) is 106 cm³/mol. The minimum Gasteiger partial charge on any atom is -0.497 e. The van der Waals surface area contributed by atoms with Gasteiger partial charge in [0, 0.05) is 29.9 Å². The van der Waals surface area contributed by atoms with E-state index in [0.717, 1.165) is 41.2 Å².